The molecule has 2 aromatic rings. The Labute approximate surface area is 176 Å². The van der Waals surface area contributed by atoms with Gasteiger partial charge in [-0.2, -0.15) is 0 Å². The third-order valence-corrected chi connectivity index (χ3v) is 5.50. The van der Waals surface area contributed by atoms with Gasteiger partial charge in [0.1, 0.15) is 23.5 Å². The molecule has 0 aliphatic carbocycles. The summed E-state index contributed by atoms with van der Waals surface area (Å²) < 4.78 is 23.1. The highest BCUT2D eigenvalue weighted by Crippen LogP contribution is 2.35. The summed E-state index contributed by atoms with van der Waals surface area (Å²) in [6.45, 7) is 1.39. The van der Waals surface area contributed by atoms with E-state index in [-0.39, 0.29) is 18.3 Å². The fraction of sp³-hybridized carbons (Fsp3) is 0.458. The molecule has 0 amide bonds. The Morgan fingerprint density at radius 2 is 1.57 bits per heavy atom. The molecule has 1 N–H and O–H groups in total. The van der Waals surface area contributed by atoms with Gasteiger partial charge in [-0.25, -0.2) is 0 Å². The van der Waals surface area contributed by atoms with Gasteiger partial charge in [-0.3, -0.25) is 0 Å². The molecule has 2 saturated heterocycles. The number of carbonyl (C=O) groups excluding carboxylic acids is 1. The number of aromatic hydroxyl groups is 1. The van der Waals surface area contributed by atoms with Crippen molar-refractivity contribution in [2.24, 2.45) is 0 Å². The van der Waals surface area contributed by atoms with Gasteiger partial charge in [0.05, 0.1) is 19.1 Å². The first kappa shape index (κ1) is 20.7. The maximum Gasteiger partial charge on any atom is 0.199 e. The number of carbonyl (C=O) groups is 1. The fourth-order valence-corrected chi connectivity index (χ4v) is 3.88. The number of ether oxygens (including phenoxy) is 4. The molecule has 6 nitrogen and oxygen atoms in total. The predicted molar refractivity (Wildman–Crippen MR) is 111 cm³/mol. The first-order chi connectivity index (χ1) is 14.7. The van der Waals surface area contributed by atoms with Crippen molar-refractivity contribution in [3.8, 4) is 17.2 Å². The Hall–Kier alpha value is -2.57. The zero-order chi connectivity index (χ0) is 20.8. The van der Waals surface area contributed by atoms with Crippen LogP contribution in [0.5, 0.6) is 17.2 Å². The van der Waals surface area contributed by atoms with E-state index in [0.717, 1.165) is 50.4 Å². The molecule has 2 heterocycles. The van der Waals surface area contributed by atoms with Crippen molar-refractivity contribution < 1.29 is 28.8 Å². The van der Waals surface area contributed by atoms with Gasteiger partial charge in [-0.15, -0.1) is 0 Å². The number of benzene rings is 2. The second kappa shape index (κ2) is 9.96. The molecule has 0 radical (unpaired) electrons. The minimum absolute atomic E-state index is 0.0472. The van der Waals surface area contributed by atoms with Gasteiger partial charge >= 0.3 is 0 Å². The smallest absolute Gasteiger partial charge is 0.199 e. The quantitative estimate of drug-likeness (QED) is 0.674. The number of hydrogen-bond donors (Lipinski definition) is 1. The van der Waals surface area contributed by atoms with Gasteiger partial charge in [-0.1, -0.05) is 12.1 Å². The lowest BCUT2D eigenvalue weighted by Crippen LogP contribution is -2.25. The van der Waals surface area contributed by atoms with Crippen LogP contribution >= 0.6 is 0 Å². The molecule has 160 valence electrons. The molecule has 3 atom stereocenters. The van der Waals surface area contributed by atoms with Crippen LogP contribution in [0.15, 0.2) is 42.5 Å². The monoisotopic (exact) mass is 412 g/mol. The van der Waals surface area contributed by atoms with Crippen molar-refractivity contribution in [1.29, 1.82) is 0 Å². The zero-order valence-electron chi connectivity index (χ0n) is 17.0. The molecular weight excluding hydrogens is 384 g/mol. The van der Waals surface area contributed by atoms with Crippen LogP contribution in [0.1, 0.15) is 55.6 Å². The van der Waals surface area contributed by atoms with Crippen LogP contribution in [0.3, 0.4) is 0 Å². The summed E-state index contributed by atoms with van der Waals surface area (Å²) in [5.41, 5.74) is 1.23. The van der Waals surface area contributed by atoms with E-state index < -0.39 is 5.92 Å². The number of phenolic OH excluding ortho intramolecular Hbond substituents is 1. The molecule has 6 heteroatoms. The Kier molecular flexibility index (Phi) is 6.87. The molecule has 2 aliphatic heterocycles. The first-order valence-corrected chi connectivity index (χ1v) is 10.7. The largest absolute Gasteiger partial charge is 0.508 e. The SMILES string of the molecule is O=CC(c1cccc(OC2CCCCO2)c1)c1cc(OC2CCCCO2)ccc1O. The number of hydrogen-bond acceptors (Lipinski definition) is 6. The molecular formula is C24H28O6. The second-order valence-electron chi connectivity index (χ2n) is 7.73. The van der Waals surface area contributed by atoms with E-state index in [4.69, 9.17) is 18.9 Å². The molecule has 4 rings (SSSR count). The zero-order valence-corrected chi connectivity index (χ0v) is 17.0. The molecule has 0 aromatic heterocycles. The summed E-state index contributed by atoms with van der Waals surface area (Å²) in [5.74, 6) is 0.626. The summed E-state index contributed by atoms with van der Waals surface area (Å²) in [6, 6.07) is 12.3. The van der Waals surface area contributed by atoms with Crippen LogP contribution in [-0.4, -0.2) is 37.2 Å². The van der Waals surface area contributed by atoms with Gasteiger partial charge in [0.2, 0.25) is 0 Å². The number of rotatable bonds is 7. The summed E-state index contributed by atoms with van der Waals surface area (Å²) in [6.07, 6.45) is 6.18. The van der Waals surface area contributed by atoms with Crippen molar-refractivity contribution in [2.75, 3.05) is 13.2 Å². The Morgan fingerprint density at radius 3 is 2.17 bits per heavy atom. The van der Waals surface area contributed by atoms with Crippen LogP contribution in [0.2, 0.25) is 0 Å². The third-order valence-electron chi connectivity index (χ3n) is 5.50. The topological polar surface area (TPSA) is 74.2 Å². The van der Waals surface area contributed by atoms with Gasteiger partial charge in [-0.05, 0) is 61.6 Å². The minimum Gasteiger partial charge on any atom is -0.508 e. The maximum absolute atomic E-state index is 12.0. The lowest BCUT2D eigenvalue weighted by Gasteiger charge is -2.24. The van der Waals surface area contributed by atoms with Gasteiger partial charge in [0, 0.05) is 18.4 Å². The van der Waals surface area contributed by atoms with Crippen molar-refractivity contribution in [1.82, 2.24) is 0 Å². The third kappa shape index (κ3) is 5.12. The fourth-order valence-electron chi connectivity index (χ4n) is 3.88. The standard InChI is InChI=1S/C24H28O6/c25-16-21(17-6-5-7-18(14-17)29-23-8-1-3-12-27-23)20-15-19(10-11-22(20)26)30-24-9-2-4-13-28-24/h5-7,10-11,14-16,21,23-24,26H,1-4,8-9,12-13H2. The maximum atomic E-state index is 12.0. The van der Waals surface area contributed by atoms with E-state index in [1.54, 1.807) is 18.2 Å². The molecule has 0 saturated carbocycles. The van der Waals surface area contributed by atoms with Crippen LogP contribution in [0.4, 0.5) is 0 Å². The highest BCUT2D eigenvalue weighted by Gasteiger charge is 2.22. The normalized spacial score (nSPS) is 22.8. The van der Waals surface area contributed by atoms with Crippen LogP contribution in [0.25, 0.3) is 0 Å². The van der Waals surface area contributed by atoms with Crippen LogP contribution < -0.4 is 9.47 Å². The number of phenols is 1. The summed E-state index contributed by atoms with van der Waals surface area (Å²) in [4.78, 5) is 12.0. The summed E-state index contributed by atoms with van der Waals surface area (Å²) in [5, 5.41) is 10.4. The average Bonchev–Trinajstić information content (AvgIpc) is 2.78. The van der Waals surface area contributed by atoms with Crippen LogP contribution in [-0.2, 0) is 14.3 Å². The van der Waals surface area contributed by atoms with Gasteiger partial charge in [0.15, 0.2) is 12.6 Å². The Morgan fingerprint density at radius 1 is 0.900 bits per heavy atom. The van der Waals surface area contributed by atoms with Gasteiger partial charge < -0.3 is 28.8 Å². The van der Waals surface area contributed by atoms with Crippen molar-refractivity contribution in [2.45, 2.75) is 57.0 Å². The average molecular weight is 412 g/mol. The molecule has 0 spiro atoms. The van der Waals surface area contributed by atoms with Crippen molar-refractivity contribution in [3.63, 3.8) is 0 Å². The van der Waals surface area contributed by atoms with Crippen molar-refractivity contribution >= 4 is 6.29 Å². The molecule has 2 fully saturated rings. The lowest BCUT2D eigenvalue weighted by molar-refractivity contribution is -0.108. The van der Waals surface area contributed by atoms with E-state index in [9.17, 15) is 9.90 Å². The highest BCUT2D eigenvalue weighted by molar-refractivity contribution is 5.71. The first-order valence-electron chi connectivity index (χ1n) is 10.7. The van der Waals surface area contributed by atoms with Gasteiger partial charge in [0.25, 0.3) is 0 Å². The molecule has 30 heavy (non-hydrogen) atoms. The summed E-state index contributed by atoms with van der Waals surface area (Å²) >= 11 is 0. The molecule has 0 bridgehead atoms. The van der Waals surface area contributed by atoms with E-state index in [1.807, 2.05) is 24.3 Å². The molecule has 3 unspecified atom stereocenters. The van der Waals surface area contributed by atoms with Crippen LogP contribution in [0, 0.1) is 0 Å². The molecule has 2 aliphatic rings. The Bertz CT molecular complexity index is 839. The van der Waals surface area contributed by atoms with E-state index in [2.05, 4.69) is 0 Å². The van der Waals surface area contributed by atoms with E-state index in [1.165, 1.54) is 0 Å². The van der Waals surface area contributed by atoms with Crippen molar-refractivity contribution in [3.05, 3.63) is 53.6 Å². The summed E-state index contributed by atoms with van der Waals surface area (Å²) in [7, 11) is 0. The van der Waals surface area contributed by atoms with E-state index >= 15 is 0 Å². The minimum atomic E-state index is -0.642. The molecule has 2 aromatic carbocycles. The predicted octanol–water partition coefficient (Wildman–Crippen LogP) is 4.53. The number of aldehydes is 1. The highest BCUT2D eigenvalue weighted by atomic mass is 16.7. The van der Waals surface area contributed by atoms with E-state index in [0.29, 0.717) is 30.3 Å². The Balaban J connectivity index is 1.53. The lowest BCUT2D eigenvalue weighted by atomic mass is 9.91. The second-order valence-corrected chi connectivity index (χ2v) is 7.73.